The molecule has 0 bridgehead atoms. The van der Waals surface area contributed by atoms with Gasteiger partial charge in [0.2, 0.25) is 10.0 Å². The normalized spacial score (nSPS) is 11.4. The molecule has 0 fully saturated rings. The van der Waals surface area contributed by atoms with Gasteiger partial charge in [0.1, 0.15) is 0 Å². The second-order valence-corrected chi connectivity index (χ2v) is 5.73. The van der Waals surface area contributed by atoms with Gasteiger partial charge in [0.15, 0.2) is 0 Å². The number of aromatic nitrogens is 1. The molecule has 0 amide bonds. The van der Waals surface area contributed by atoms with Gasteiger partial charge < -0.3 is 0 Å². The molecule has 0 aliphatic carbocycles. The molecule has 1 heterocycles. The van der Waals surface area contributed by atoms with Crippen molar-refractivity contribution >= 4 is 27.3 Å². The van der Waals surface area contributed by atoms with Crippen LogP contribution in [0.3, 0.4) is 0 Å². The molecular formula is C10H15ClN2O2S. The first kappa shape index (κ1) is 13.3. The Morgan fingerprint density at radius 3 is 2.69 bits per heavy atom. The van der Waals surface area contributed by atoms with Gasteiger partial charge in [0.25, 0.3) is 0 Å². The Balaban J connectivity index is 2.55. The number of anilines is 1. The molecule has 0 spiro atoms. The van der Waals surface area contributed by atoms with Gasteiger partial charge in [-0.15, -0.1) is 11.6 Å². The zero-order valence-electron chi connectivity index (χ0n) is 9.11. The van der Waals surface area contributed by atoms with Crippen molar-refractivity contribution in [2.75, 3.05) is 16.4 Å². The molecule has 6 heteroatoms. The fourth-order valence-corrected chi connectivity index (χ4v) is 2.50. The predicted octanol–water partition coefficient (Wildman–Crippen LogP) is 2.15. The number of sulfonamides is 1. The van der Waals surface area contributed by atoms with Crippen LogP contribution in [0.4, 0.5) is 5.69 Å². The molecule has 1 N–H and O–H groups in total. The molecule has 16 heavy (non-hydrogen) atoms. The van der Waals surface area contributed by atoms with Gasteiger partial charge in [-0.2, -0.15) is 0 Å². The van der Waals surface area contributed by atoms with Crippen LogP contribution in [0.5, 0.6) is 0 Å². The van der Waals surface area contributed by atoms with Crippen LogP contribution in [0.1, 0.15) is 18.5 Å². The van der Waals surface area contributed by atoms with E-state index < -0.39 is 10.0 Å². The van der Waals surface area contributed by atoms with E-state index in [-0.39, 0.29) is 5.75 Å². The summed E-state index contributed by atoms with van der Waals surface area (Å²) in [6.07, 6.45) is 2.78. The highest BCUT2D eigenvalue weighted by atomic mass is 35.5. The molecule has 0 aromatic carbocycles. The molecule has 4 nitrogen and oxygen atoms in total. The molecule has 0 saturated carbocycles. The lowest BCUT2D eigenvalue weighted by molar-refractivity contribution is 0.598. The third-order valence-electron chi connectivity index (χ3n) is 1.98. The van der Waals surface area contributed by atoms with E-state index in [2.05, 4.69) is 9.71 Å². The van der Waals surface area contributed by atoms with Crippen molar-refractivity contribution in [3.63, 3.8) is 0 Å². The van der Waals surface area contributed by atoms with Crippen LogP contribution in [-0.2, 0) is 10.0 Å². The van der Waals surface area contributed by atoms with E-state index in [1.807, 2.05) is 6.92 Å². The fourth-order valence-electron chi connectivity index (χ4n) is 1.15. The number of aryl methyl sites for hydroxylation is 1. The summed E-state index contributed by atoms with van der Waals surface area (Å²) in [5.41, 5.74) is 1.35. The predicted molar refractivity (Wildman–Crippen MR) is 66.3 cm³/mol. The molecular weight excluding hydrogens is 248 g/mol. The average molecular weight is 263 g/mol. The van der Waals surface area contributed by atoms with E-state index in [9.17, 15) is 8.42 Å². The van der Waals surface area contributed by atoms with Crippen molar-refractivity contribution < 1.29 is 8.42 Å². The van der Waals surface area contributed by atoms with Crippen LogP contribution in [-0.4, -0.2) is 25.0 Å². The van der Waals surface area contributed by atoms with Crippen molar-refractivity contribution in [1.82, 2.24) is 4.98 Å². The first-order valence-electron chi connectivity index (χ1n) is 5.02. The number of hydrogen-bond donors (Lipinski definition) is 1. The van der Waals surface area contributed by atoms with Crippen LogP contribution < -0.4 is 4.72 Å². The maximum Gasteiger partial charge on any atom is 0.232 e. The van der Waals surface area contributed by atoms with Crippen LogP contribution >= 0.6 is 11.6 Å². The quantitative estimate of drug-likeness (QED) is 0.631. The van der Waals surface area contributed by atoms with Gasteiger partial charge >= 0.3 is 0 Å². The number of alkyl halides is 1. The van der Waals surface area contributed by atoms with Gasteiger partial charge in [-0.3, -0.25) is 9.71 Å². The highest BCUT2D eigenvalue weighted by molar-refractivity contribution is 7.92. The minimum Gasteiger partial charge on any atom is -0.282 e. The lowest BCUT2D eigenvalue weighted by atomic mass is 10.4. The maximum atomic E-state index is 11.6. The Bertz CT molecular complexity index is 417. The summed E-state index contributed by atoms with van der Waals surface area (Å²) in [4.78, 5) is 4.01. The number of pyridine rings is 1. The molecule has 0 unspecified atom stereocenters. The lowest BCUT2D eigenvalue weighted by Crippen LogP contribution is -2.16. The third-order valence-corrected chi connectivity index (χ3v) is 3.62. The van der Waals surface area contributed by atoms with E-state index in [1.165, 1.54) is 6.20 Å². The van der Waals surface area contributed by atoms with E-state index in [1.54, 1.807) is 12.1 Å². The number of halogens is 1. The Kier molecular flexibility index (Phi) is 5.02. The molecule has 0 aliphatic heterocycles. The summed E-state index contributed by atoms with van der Waals surface area (Å²) in [6, 6.07) is 3.46. The van der Waals surface area contributed by atoms with E-state index >= 15 is 0 Å². The Labute approximate surface area is 101 Å². The second kappa shape index (κ2) is 6.06. The summed E-state index contributed by atoms with van der Waals surface area (Å²) in [5.74, 6) is 0.579. The van der Waals surface area contributed by atoms with Gasteiger partial charge in [0.05, 0.1) is 17.6 Å². The lowest BCUT2D eigenvalue weighted by Gasteiger charge is -2.07. The number of hydrogen-bond acceptors (Lipinski definition) is 3. The minimum atomic E-state index is -3.27. The van der Waals surface area contributed by atoms with Gasteiger partial charge in [-0.05, 0) is 31.9 Å². The molecule has 1 aromatic rings. The van der Waals surface area contributed by atoms with Gasteiger partial charge in [-0.1, -0.05) is 0 Å². The zero-order chi connectivity index (χ0) is 12.0. The topological polar surface area (TPSA) is 59.1 Å². The SMILES string of the molecule is Cc1ccc(NS(=O)(=O)CCCCCl)cn1. The first-order valence-corrected chi connectivity index (χ1v) is 7.21. The van der Waals surface area contributed by atoms with Crippen molar-refractivity contribution in [3.05, 3.63) is 24.0 Å². The summed E-state index contributed by atoms with van der Waals surface area (Å²) in [6.45, 7) is 1.85. The molecule has 0 radical (unpaired) electrons. The van der Waals surface area contributed by atoms with Gasteiger partial charge in [-0.25, -0.2) is 8.42 Å². The van der Waals surface area contributed by atoms with Crippen molar-refractivity contribution in [2.45, 2.75) is 19.8 Å². The van der Waals surface area contributed by atoms with Crippen molar-refractivity contribution in [3.8, 4) is 0 Å². The average Bonchev–Trinajstić information content (AvgIpc) is 2.21. The number of unbranched alkanes of at least 4 members (excludes halogenated alkanes) is 1. The summed E-state index contributed by atoms with van der Waals surface area (Å²) >= 11 is 5.48. The molecule has 1 rings (SSSR count). The highest BCUT2D eigenvalue weighted by Gasteiger charge is 2.09. The smallest absolute Gasteiger partial charge is 0.232 e. The Morgan fingerprint density at radius 1 is 1.38 bits per heavy atom. The van der Waals surface area contributed by atoms with Crippen LogP contribution in [0.2, 0.25) is 0 Å². The first-order chi connectivity index (χ1) is 7.53. The van der Waals surface area contributed by atoms with Gasteiger partial charge in [0, 0.05) is 11.6 Å². The third kappa shape index (κ3) is 4.81. The van der Waals surface area contributed by atoms with Crippen LogP contribution in [0.15, 0.2) is 18.3 Å². The Morgan fingerprint density at radius 2 is 2.12 bits per heavy atom. The molecule has 1 aromatic heterocycles. The largest absolute Gasteiger partial charge is 0.282 e. The van der Waals surface area contributed by atoms with E-state index in [0.717, 1.165) is 5.69 Å². The second-order valence-electron chi connectivity index (χ2n) is 3.51. The van der Waals surface area contributed by atoms with E-state index in [4.69, 9.17) is 11.6 Å². The molecule has 0 saturated heterocycles. The van der Waals surface area contributed by atoms with Crippen LogP contribution in [0.25, 0.3) is 0 Å². The Hall–Kier alpha value is -0.810. The summed E-state index contributed by atoms with van der Waals surface area (Å²) in [7, 11) is -3.27. The molecule has 0 atom stereocenters. The zero-order valence-corrected chi connectivity index (χ0v) is 10.7. The minimum absolute atomic E-state index is 0.0909. The monoisotopic (exact) mass is 262 g/mol. The van der Waals surface area contributed by atoms with Crippen LogP contribution in [0, 0.1) is 6.92 Å². The standard InChI is InChI=1S/C10H15ClN2O2S/c1-9-4-5-10(8-12-9)13-16(14,15)7-3-2-6-11/h4-5,8,13H,2-3,6-7H2,1H3. The van der Waals surface area contributed by atoms with Crippen molar-refractivity contribution in [1.29, 1.82) is 0 Å². The fraction of sp³-hybridized carbons (Fsp3) is 0.500. The molecule has 90 valence electrons. The number of nitrogens with zero attached hydrogens (tertiary/aromatic N) is 1. The summed E-state index contributed by atoms with van der Waals surface area (Å²) in [5, 5.41) is 0. The number of nitrogens with one attached hydrogen (secondary N) is 1. The maximum absolute atomic E-state index is 11.6. The number of rotatable bonds is 6. The van der Waals surface area contributed by atoms with Crippen molar-refractivity contribution in [2.24, 2.45) is 0 Å². The summed E-state index contributed by atoms with van der Waals surface area (Å²) < 4.78 is 25.6. The van der Waals surface area contributed by atoms with E-state index in [0.29, 0.717) is 24.4 Å². The highest BCUT2D eigenvalue weighted by Crippen LogP contribution is 2.09. The molecule has 0 aliphatic rings.